The highest BCUT2D eigenvalue weighted by Gasteiger charge is 2.11. The van der Waals surface area contributed by atoms with Gasteiger partial charge in [0.05, 0.1) is 4.92 Å². The Morgan fingerprint density at radius 2 is 2.41 bits per heavy atom. The van der Waals surface area contributed by atoms with Crippen molar-refractivity contribution < 1.29 is 4.92 Å². The average molecular weight is 233 g/mol. The molecule has 1 rings (SSSR count). The molecule has 1 atom stereocenters. The first kappa shape index (κ1) is 13.0. The number of nitrogens with zero attached hydrogens (tertiary/aromatic N) is 2. The Kier molecular flexibility index (Phi) is 4.46. The first-order chi connectivity index (χ1) is 8.08. The summed E-state index contributed by atoms with van der Waals surface area (Å²) in [6.07, 6.45) is 7.99. The zero-order valence-electron chi connectivity index (χ0n) is 9.93. The third-order valence-corrected chi connectivity index (χ3v) is 2.47. The summed E-state index contributed by atoms with van der Waals surface area (Å²) in [6, 6.07) is 1.64. The van der Waals surface area contributed by atoms with Gasteiger partial charge in [0.1, 0.15) is 12.0 Å². The molecule has 0 saturated heterocycles. The van der Waals surface area contributed by atoms with E-state index in [0.717, 1.165) is 12.0 Å². The summed E-state index contributed by atoms with van der Waals surface area (Å²) in [5, 5.41) is 13.8. The molecular weight excluding hydrogens is 218 g/mol. The van der Waals surface area contributed by atoms with Crippen molar-refractivity contribution in [2.75, 3.05) is 5.32 Å². The van der Waals surface area contributed by atoms with Gasteiger partial charge in [-0.15, -0.1) is 12.3 Å². The van der Waals surface area contributed by atoms with E-state index in [-0.39, 0.29) is 11.7 Å². The van der Waals surface area contributed by atoms with Crippen LogP contribution in [-0.2, 0) is 0 Å². The fourth-order valence-electron chi connectivity index (χ4n) is 1.44. The van der Waals surface area contributed by atoms with Gasteiger partial charge in [-0.05, 0) is 18.9 Å². The monoisotopic (exact) mass is 233 g/mol. The maximum Gasteiger partial charge on any atom is 0.287 e. The highest BCUT2D eigenvalue weighted by atomic mass is 16.6. The minimum atomic E-state index is -0.456. The highest BCUT2D eigenvalue weighted by Crippen LogP contribution is 2.19. The van der Waals surface area contributed by atoms with Crippen LogP contribution in [-0.4, -0.2) is 15.9 Å². The van der Waals surface area contributed by atoms with E-state index >= 15 is 0 Å². The lowest BCUT2D eigenvalue weighted by Gasteiger charge is -2.16. The maximum absolute atomic E-state index is 10.6. The van der Waals surface area contributed by atoms with E-state index in [9.17, 15) is 10.1 Å². The second-order valence-corrected chi connectivity index (χ2v) is 3.77. The third kappa shape index (κ3) is 3.45. The Labute approximate surface area is 100 Å². The summed E-state index contributed by atoms with van der Waals surface area (Å²) < 4.78 is 0. The minimum absolute atomic E-state index is 0.00181. The zero-order chi connectivity index (χ0) is 12.8. The lowest BCUT2D eigenvalue weighted by atomic mass is 10.1. The van der Waals surface area contributed by atoms with Crippen LogP contribution in [0.3, 0.4) is 0 Å². The summed E-state index contributed by atoms with van der Waals surface area (Å²) in [5.74, 6) is 3.24. The van der Waals surface area contributed by atoms with Crippen molar-refractivity contribution in [3.8, 4) is 12.3 Å². The Hall–Kier alpha value is -2.09. The van der Waals surface area contributed by atoms with Crippen molar-refractivity contribution in [2.45, 2.75) is 32.7 Å². The van der Waals surface area contributed by atoms with Crippen molar-refractivity contribution in [2.24, 2.45) is 0 Å². The van der Waals surface area contributed by atoms with Gasteiger partial charge in [-0.1, -0.05) is 6.92 Å². The molecule has 0 saturated carbocycles. The van der Waals surface area contributed by atoms with E-state index in [0.29, 0.717) is 12.2 Å². The van der Waals surface area contributed by atoms with E-state index in [1.165, 1.54) is 12.3 Å². The van der Waals surface area contributed by atoms with Gasteiger partial charge in [-0.25, -0.2) is 4.98 Å². The first-order valence-electron chi connectivity index (χ1n) is 5.39. The van der Waals surface area contributed by atoms with Gasteiger partial charge >= 0.3 is 0 Å². The SMILES string of the molecule is C#CCC(CC)Nc1ncc([N+](=O)[O-])cc1C. The molecule has 0 aliphatic rings. The molecule has 17 heavy (non-hydrogen) atoms. The predicted molar refractivity (Wildman–Crippen MR) is 66.8 cm³/mol. The Morgan fingerprint density at radius 1 is 1.71 bits per heavy atom. The van der Waals surface area contributed by atoms with E-state index in [1.807, 2.05) is 6.92 Å². The molecule has 1 heterocycles. The van der Waals surface area contributed by atoms with Gasteiger partial charge in [-0.2, -0.15) is 0 Å². The van der Waals surface area contributed by atoms with E-state index in [1.54, 1.807) is 6.92 Å². The molecule has 90 valence electrons. The summed E-state index contributed by atoms with van der Waals surface area (Å²) in [7, 11) is 0. The average Bonchev–Trinajstić information content (AvgIpc) is 2.30. The molecule has 0 radical (unpaired) electrons. The first-order valence-corrected chi connectivity index (χ1v) is 5.39. The summed E-state index contributed by atoms with van der Waals surface area (Å²) in [6.45, 7) is 3.81. The molecule has 1 N–H and O–H groups in total. The van der Waals surface area contributed by atoms with Crippen molar-refractivity contribution in [3.05, 3.63) is 27.9 Å². The fourth-order valence-corrected chi connectivity index (χ4v) is 1.44. The zero-order valence-corrected chi connectivity index (χ0v) is 9.93. The van der Waals surface area contributed by atoms with Crippen LogP contribution in [0.1, 0.15) is 25.3 Å². The van der Waals surface area contributed by atoms with E-state index < -0.39 is 4.92 Å². The maximum atomic E-state index is 10.6. The quantitative estimate of drug-likeness (QED) is 0.482. The lowest BCUT2D eigenvalue weighted by Crippen LogP contribution is -2.19. The molecule has 1 aromatic rings. The van der Waals surface area contributed by atoms with Gasteiger partial charge in [-0.3, -0.25) is 10.1 Å². The number of nitrogens with one attached hydrogen (secondary N) is 1. The van der Waals surface area contributed by atoms with Crippen LogP contribution in [0.2, 0.25) is 0 Å². The largest absolute Gasteiger partial charge is 0.366 e. The molecule has 5 nitrogen and oxygen atoms in total. The minimum Gasteiger partial charge on any atom is -0.366 e. The molecule has 0 bridgehead atoms. The molecule has 0 fully saturated rings. The molecule has 5 heteroatoms. The van der Waals surface area contributed by atoms with Gasteiger partial charge in [0.2, 0.25) is 0 Å². The molecular formula is C12H15N3O2. The molecule has 0 amide bonds. The van der Waals surface area contributed by atoms with E-state index in [2.05, 4.69) is 16.2 Å². The molecule has 1 unspecified atom stereocenters. The molecule has 0 spiro atoms. The van der Waals surface area contributed by atoms with Crippen LogP contribution >= 0.6 is 0 Å². The molecule has 0 aromatic carbocycles. The van der Waals surface area contributed by atoms with Crippen LogP contribution in [0, 0.1) is 29.4 Å². The smallest absolute Gasteiger partial charge is 0.287 e. The van der Waals surface area contributed by atoms with Crippen LogP contribution in [0.4, 0.5) is 11.5 Å². The Balaban J connectivity index is 2.85. The number of rotatable bonds is 5. The molecule has 1 aromatic heterocycles. The standard InChI is InChI=1S/C12H15N3O2/c1-4-6-10(5-2)14-12-9(3)7-11(8-13-12)15(16)17/h1,7-8,10H,5-6H2,2-3H3,(H,13,14). The van der Waals surface area contributed by atoms with Crippen LogP contribution in [0.15, 0.2) is 12.3 Å². The van der Waals surface area contributed by atoms with Gasteiger partial charge < -0.3 is 5.32 Å². The summed E-state index contributed by atoms with van der Waals surface area (Å²) >= 11 is 0. The number of aromatic nitrogens is 1. The van der Waals surface area contributed by atoms with Gasteiger partial charge in [0.25, 0.3) is 5.69 Å². The summed E-state index contributed by atoms with van der Waals surface area (Å²) in [5.41, 5.74) is 0.743. The second kappa shape index (κ2) is 5.85. The number of hydrogen-bond donors (Lipinski definition) is 1. The predicted octanol–water partition coefficient (Wildman–Crippen LogP) is 2.51. The van der Waals surface area contributed by atoms with Crippen molar-refractivity contribution in [3.63, 3.8) is 0 Å². The third-order valence-electron chi connectivity index (χ3n) is 2.47. The van der Waals surface area contributed by atoms with Crippen molar-refractivity contribution in [1.82, 2.24) is 4.98 Å². The lowest BCUT2D eigenvalue weighted by molar-refractivity contribution is -0.385. The van der Waals surface area contributed by atoms with Gasteiger partial charge in [0.15, 0.2) is 0 Å². The highest BCUT2D eigenvalue weighted by molar-refractivity contribution is 5.48. The fraction of sp³-hybridized carbons (Fsp3) is 0.417. The Morgan fingerprint density at radius 3 is 2.88 bits per heavy atom. The number of pyridine rings is 1. The number of nitro groups is 1. The molecule has 0 aliphatic heterocycles. The van der Waals surface area contributed by atoms with Gasteiger partial charge in [0, 0.05) is 18.5 Å². The number of anilines is 1. The van der Waals surface area contributed by atoms with Crippen LogP contribution in [0.5, 0.6) is 0 Å². The molecule has 0 aliphatic carbocycles. The van der Waals surface area contributed by atoms with Crippen LogP contribution < -0.4 is 5.32 Å². The Bertz CT molecular complexity index is 452. The number of aryl methyl sites for hydroxylation is 1. The van der Waals surface area contributed by atoms with Crippen molar-refractivity contribution in [1.29, 1.82) is 0 Å². The number of hydrogen-bond acceptors (Lipinski definition) is 4. The van der Waals surface area contributed by atoms with E-state index in [4.69, 9.17) is 6.42 Å². The summed E-state index contributed by atoms with van der Waals surface area (Å²) in [4.78, 5) is 14.2. The second-order valence-electron chi connectivity index (χ2n) is 3.77. The normalized spacial score (nSPS) is 11.6. The number of terminal acetylenes is 1. The van der Waals surface area contributed by atoms with Crippen molar-refractivity contribution >= 4 is 11.5 Å². The van der Waals surface area contributed by atoms with Crippen LogP contribution in [0.25, 0.3) is 0 Å². The topological polar surface area (TPSA) is 68.1 Å².